The predicted octanol–water partition coefficient (Wildman–Crippen LogP) is 1.79. The van der Waals surface area contributed by atoms with Crippen LogP contribution in [0.4, 0.5) is 4.39 Å². The van der Waals surface area contributed by atoms with E-state index < -0.39 is 22.6 Å². The molecule has 0 aliphatic heterocycles. The Hall–Kier alpha value is -1.23. The van der Waals surface area contributed by atoms with Crippen LogP contribution in [-0.4, -0.2) is 20.5 Å². The number of halogens is 1. The largest absolute Gasteiger partial charge is 0.478 e. The van der Waals surface area contributed by atoms with E-state index in [1.54, 1.807) is 0 Å². The van der Waals surface area contributed by atoms with Gasteiger partial charge in [-0.25, -0.2) is 9.18 Å². The van der Waals surface area contributed by atoms with Crippen molar-refractivity contribution in [3.05, 3.63) is 29.6 Å². The van der Waals surface area contributed by atoms with Crippen molar-refractivity contribution in [3.8, 4) is 0 Å². The summed E-state index contributed by atoms with van der Waals surface area (Å²) in [7, 11) is -1.40. The molecule has 3 nitrogen and oxygen atoms in total. The van der Waals surface area contributed by atoms with Crippen molar-refractivity contribution < 1.29 is 18.5 Å². The summed E-state index contributed by atoms with van der Waals surface area (Å²) in [6, 6.07) is 3.39. The Morgan fingerprint density at radius 2 is 2.13 bits per heavy atom. The predicted molar refractivity (Wildman–Crippen MR) is 52.8 cm³/mol. The lowest BCUT2D eigenvalue weighted by Crippen LogP contribution is -2.04. The molecule has 0 amide bonds. The van der Waals surface area contributed by atoms with Gasteiger partial charge in [-0.3, -0.25) is 4.21 Å². The number of rotatable bonds is 3. The molecule has 5 heteroatoms. The van der Waals surface area contributed by atoms with Gasteiger partial charge in [0.05, 0.1) is 21.3 Å². The minimum atomic E-state index is -1.40. The fraction of sp³-hybridized carbons (Fsp3) is 0.300. The number of carbonyl (C=O) groups is 1. The summed E-state index contributed by atoms with van der Waals surface area (Å²) in [5.74, 6) is -1.73. The Balaban J connectivity index is 2.39. The summed E-state index contributed by atoms with van der Waals surface area (Å²) in [5.41, 5.74) is -0.0274. The Morgan fingerprint density at radius 1 is 1.47 bits per heavy atom. The first-order chi connectivity index (χ1) is 7.09. The lowest BCUT2D eigenvalue weighted by molar-refractivity contribution is 0.0696. The van der Waals surface area contributed by atoms with Gasteiger partial charge in [-0.1, -0.05) is 0 Å². The zero-order valence-electron chi connectivity index (χ0n) is 7.77. The number of hydrogen-bond donors (Lipinski definition) is 1. The molecule has 80 valence electrons. The van der Waals surface area contributed by atoms with Gasteiger partial charge in [-0.2, -0.15) is 0 Å². The van der Waals surface area contributed by atoms with Crippen LogP contribution >= 0.6 is 0 Å². The first kappa shape index (κ1) is 10.3. The van der Waals surface area contributed by atoms with E-state index >= 15 is 0 Å². The van der Waals surface area contributed by atoms with E-state index in [1.165, 1.54) is 6.07 Å². The van der Waals surface area contributed by atoms with Gasteiger partial charge in [0, 0.05) is 5.25 Å². The van der Waals surface area contributed by atoms with E-state index in [1.807, 2.05) is 0 Å². The molecule has 1 aromatic carbocycles. The van der Waals surface area contributed by atoms with Crippen LogP contribution in [0.3, 0.4) is 0 Å². The summed E-state index contributed by atoms with van der Waals surface area (Å²) in [4.78, 5) is 10.7. The SMILES string of the molecule is O=C(O)c1ccc(F)c(S(=O)C2CC2)c1. The summed E-state index contributed by atoms with van der Waals surface area (Å²) >= 11 is 0. The average Bonchev–Trinajstić information content (AvgIpc) is 3.00. The van der Waals surface area contributed by atoms with Crippen molar-refractivity contribution in [1.82, 2.24) is 0 Å². The maximum Gasteiger partial charge on any atom is 0.335 e. The molecule has 1 unspecified atom stereocenters. The second-order valence-corrected chi connectivity index (χ2v) is 5.15. The quantitative estimate of drug-likeness (QED) is 0.858. The number of carboxylic acids is 1. The first-order valence-corrected chi connectivity index (χ1v) is 5.74. The molecule has 0 heterocycles. The van der Waals surface area contributed by atoms with Crippen LogP contribution < -0.4 is 0 Å². The summed E-state index contributed by atoms with van der Waals surface area (Å²) in [6.07, 6.45) is 1.65. The number of carboxylic acid groups (broad SMARTS) is 1. The third-order valence-corrected chi connectivity index (χ3v) is 4.05. The summed E-state index contributed by atoms with van der Waals surface area (Å²) < 4.78 is 25.0. The van der Waals surface area contributed by atoms with Gasteiger partial charge in [0.1, 0.15) is 5.82 Å². The smallest absolute Gasteiger partial charge is 0.335 e. The lowest BCUT2D eigenvalue weighted by Gasteiger charge is -2.03. The third kappa shape index (κ3) is 2.07. The van der Waals surface area contributed by atoms with Crippen molar-refractivity contribution in [1.29, 1.82) is 0 Å². The van der Waals surface area contributed by atoms with Gasteiger partial charge in [0.2, 0.25) is 0 Å². The monoisotopic (exact) mass is 228 g/mol. The zero-order chi connectivity index (χ0) is 11.0. The van der Waals surface area contributed by atoms with Crippen molar-refractivity contribution in [2.24, 2.45) is 0 Å². The first-order valence-electron chi connectivity index (χ1n) is 4.53. The van der Waals surface area contributed by atoms with Gasteiger partial charge in [0.15, 0.2) is 0 Å². The highest BCUT2D eigenvalue weighted by Crippen LogP contribution is 2.31. The van der Waals surface area contributed by atoms with E-state index in [4.69, 9.17) is 5.11 Å². The Labute approximate surface area is 88.4 Å². The van der Waals surface area contributed by atoms with Gasteiger partial charge < -0.3 is 5.11 Å². The van der Waals surface area contributed by atoms with E-state index in [9.17, 15) is 13.4 Å². The van der Waals surface area contributed by atoms with E-state index in [2.05, 4.69) is 0 Å². The molecule has 15 heavy (non-hydrogen) atoms. The molecule has 0 bridgehead atoms. The second-order valence-electron chi connectivity index (χ2n) is 3.45. The zero-order valence-corrected chi connectivity index (χ0v) is 8.59. The minimum Gasteiger partial charge on any atom is -0.478 e. The molecule has 1 fully saturated rings. The van der Waals surface area contributed by atoms with Crippen LogP contribution in [-0.2, 0) is 10.8 Å². The van der Waals surface area contributed by atoms with Crippen molar-refractivity contribution in [2.45, 2.75) is 23.0 Å². The van der Waals surface area contributed by atoms with E-state index in [-0.39, 0.29) is 15.7 Å². The minimum absolute atomic E-state index is 0.00328. The molecule has 0 saturated heterocycles. The normalized spacial score (nSPS) is 17.4. The molecule has 2 rings (SSSR count). The Morgan fingerprint density at radius 3 is 2.67 bits per heavy atom. The maximum atomic E-state index is 13.3. The molecule has 1 aliphatic rings. The Bertz CT molecular complexity index is 440. The highest BCUT2D eigenvalue weighted by molar-refractivity contribution is 7.86. The van der Waals surface area contributed by atoms with Crippen molar-refractivity contribution in [2.75, 3.05) is 0 Å². The molecule has 0 spiro atoms. The van der Waals surface area contributed by atoms with E-state index in [0.717, 1.165) is 25.0 Å². The standard InChI is InChI=1S/C10H9FO3S/c11-8-4-1-6(10(12)13)5-9(8)15(14)7-2-3-7/h1,4-5,7H,2-3H2,(H,12,13). The summed E-state index contributed by atoms with van der Waals surface area (Å²) in [5, 5.41) is 8.72. The van der Waals surface area contributed by atoms with Crippen molar-refractivity contribution >= 4 is 16.8 Å². The fourth-order valence-corrected chi connectivity index (χ4v) is 2.68. The number of aromatic carboxylic acids is 1. The average molecular weight is 228 g/mol. The molecular weight excluding hydrogens is 219 g/mol. The van der Waals surface area contributed by atoms with Crippen LogP contribution in [0.25, 0.3) is 0 Å². The van der Waals surface area contributed by atoms with Crippen LogP contribution in [0.1, 0.15) is 23.2 Å². The molecule has 1 aromatic rings. The third-order valence-electron chi connectivity index (χ3n) is 2.22. The topological polar surface area (TPSA) is 54.4 Å². The van der Waals surface area contributed by atoms with E-state index in [0.29, 0.717) is 0 Å². The summed E-state index contributed by atoms with van der Waals surface area (Å²) in [6.45, 7) is 0. The van der Waals surface area contributed by atoms with Crippen LogP contribution in [0, 0.1) is 5.82 Å². The highest BCUT2D eigenvalue weighted by atomic mass is 32.2. The molecule has 1 N–H and O–H groups in total. The van der Waals surface area contributed by atoms with Gasteiger partial charge in [0.25, 0.3) is 0 Å². The Kier molecular flexibility index (Phi) is 2.56. The number of hydrogen-bond acceptors (Lipinski definition) is 2. The van der Waals surface area contributed by atoms with Gasteiger partial charge in [-0.15, -0.1) is 0 Å². The van der Waals surface area contributed by atoms with Crippen molar-refractivity contribution in [3.63, 3.8) is 0 Å². The lowest BCUT2D eigenvalue weighted by atomic mass is 10.2. The number of benzene rings is 1. The van der Waals surface area contributed by atoms with Gasteiger partial charge in [-0.05, 0) is 31.0 Å². The maximum absolute atomic E-state index is 13.3. The second kappa shape index (κ2) is 3.73. The highest BCUT2D eigenvalue weighted by Gasteiger charge is 2.31. The van der Waals surface area contributed by atoms with Gasteiger partial charge >= 0.3 is 5.97 Å². The molecule has 0 aromatic heterocycles. The molecule has 1 atom stereocenters. The molecule has 1 aliphatic carbocycles. The molecular formula is C10H9FO3S. The van der Waals surface area contributed by atoms with Crippen LogP contribution in [0.2, 0.25) is 0 Å². The van der Waals surface area contributed by atoms with Crippen LogP contribution in [0.15, 0.2) is 23.1 Å². The molecule has 1 saturated carbocycles. The van der Waals surface area contributed by atoms with Crippen LogP contribution in [0.5, 0.6) is 0 Å². The molecule has 0 radical (unpaired) electrons. The fourth-order valence-electron chi connectivity index (χ4n) is 1.25.